The molecule has 2 aromatic heterocycles. The Hall–Kier alpha value is 0.360. The van der Waals surface area contributed by atoms with Crippen LogP contribution in [0.4, 0.5) is 0 Å². The van der Waals surface area contributed by atoms with Crippen molar-refractivity contribution in [3.05, 3.63) is 25.0 Å². The quantitative estimate of drug-likeness (QED) is 0.623. The zero-order valence-electron chi connectivity index (χ0n) is 11.0. The second-order valence-corrected chi connectivity index (χ2v) is 8.17. The molecule has 2 aliphatic rings. The van der Waals surface area contributed by atoms with Crippen LogP contribution >= 0.6 is 78.9 Å². The summed E-state index contributed by atoms with van der Waals surface area (Å²) in [6.07, 6.45) is 3.54. The number of hydrogen-bond donors (Lipinski definition) is 1. The average molecular weight is 508 g/mol. The van der Waals surface area contributed by atoms with Crippen LogP contribution in [0.5, 0.6) is 0 Å². The summed E-state index contributed by atoms with van der Waals surface area (Å²) in [7, 11) is 0. The molecule has 5 nitrogen and oxygen atoms in total. The van der Waals surface area contributed by atoms with Gasteiger partial charge in [0.15, 0.2) is 0 Å². The predicted octanol–water partition coefficient (Wildman–Crippen LogP) is 4.30. The van der Waals surface area contributed by atoms with Crippen LogP contribution in [-0.2, 0) is 0 Å². The van der Waals surface area contributed by atoms with E-state index in [2.05, 4.69) is 62.0 Å². The molecule has 1 saturated heterocycles. The van der Waals surface area contributed by atoms with Gasteiger partial charge in [-0.25, -0.2) is 4.98 Å². The molecule has 0 bridgehead atoms. The maximum absolute atomic E-state index is 5.38. The summed E-state index contributed by atoms with van der Waals surface area (Å²) in [6, 6.07) is 0. The molecule has 1 aliphatic heterocycles. The van der Waals surface area contributed by atoms with Gasteiger partial charge in [0.1, 0.15) is 5.01 Å². The van der Waals surface area contributed by atoms with Crippen LogP contribution in [0.15, 0.2) is 15.5 Å². The lowest BCUT2D eigenvalue weighted by Crippen LogP contribution is -2.09. The van der Waals surface area contributed by atoms with Crippen molar-refractivity contribution in [2.24, 2.45) is 11.8 Å². The van der Waals surface area contributed by atoms with Crippen LogP contribution in [0.3, 0.4) is 0 Å². The third-order valence-corrected chi connectivity index (χ3v) is 6.11. The fourth-order valence-corrected chi connectivity index (χ4v) is 4.69. The van der Waals surface area contributed by atoms with E-state index in [9.17, 15) is 0 Å². The van der Waals surface area contributed by atoms with E-state index in [-0.39, 0.29) is 12.4 Å². The number of fused-ring (bicyclic) bond motifs is 1. The minimum Gasteiger partial charge on any atom is -0.316 e. The van der Waals surface area contributed by atoms with E-state index in [1.165, 1.54) is 23.5 Å². The van der Waals surface area contributed by atoms with Gasteiger partial charge in [-0.15, -0.1) is 12.4 Å². The number of rotatable bonds is 1. The maximum atomic E-state index is 5.38. The van der Waals surface area contributed by atoms with Crippen molar-refractivity contribution in [3.8, 4) is 0 Å². The van der Waals surface area contributed by atoms with Gasteiger partial charge in [0.2, 0.25) is 13.9 Å². The Morgan fingerprint density at radius 2 is 1.86 bits per heavy atom. The van der Waals surface area contributed by atoms with Crippen LogP contribution < -0.4 is 5.32 Å². The molecule has 1 N–H and O–H groups in total. The highest BCUT2D eigenvalue weighted by Crippen LogP contribution is 2.38. The topological polar surface area (TPSA) is 63.6 Å². The average Bonchev–Trinajstić information content (AvgIpc) is 3.14. The van der Waals surface area contributed by atoms with Gasteiger partial charge in [-0.3, -0.25) is 0 Å². The first kappa shape index (κ1) is 18.7. The van der Waals surface area contributed by atoms with Crippen LogP contribution in [0.25, 0.3) is 5.57 Å². The molecule has 0 aromatic carbocycles. The van der Waals surface area contributed by atoms with E-state index in [0.717, 1.165) is 41.5 Å². The van der Waals surface area contributed by atoms with E-state index in [1.54, 1.807) is 0 Å². The summed E-state index contributed by atoms with van der Waals surface area (Å²) in [5.74, 6) is 1.53. The van der Waals surface area contributed by atoms with Crippen LogP contribution in [0.1, 0.15) is 11.4 Å². The van der Waals surface area contributed by atoms with Gasteiger partial charge < -0.3 is 5.32 Å². The summed E-state index contributed by atoms with van der Waals surface area (Å²) >= 11 is 14.4. The Kier molecular flexibility index (Phi) is 7.19. The molecule has 2 unspecified atom stereocenters. The Morgan fingerprint density at radius 3 is 2.36 bits per heavy atom. The molecular formula is C11H11Br2Cl2N5S2. The first-order chi connectivity index (χ1) is 10.1. The molecule has 0 spiro atoms. The molecule has 0 radical (unpaired) electrons. The fraction of sp³-hybridized carbons (Fsp3) is 0.455. The van der Waals surface area contributed by atoms with Crippen LogP contribution in [-0.4, -0.2) is 31.8 Å². The van der Waals surface area contributed by atoms with E-state index < -0.39 is 0 Å². The molecule has 1 fully saturated rings. The maximum Gasteiger partial charge on any atom is 0.210 e. The Labute approximate surface area is 164 Å². The number of aromatic nitrogens is 4. The second kappa shape index (κ2) is 8.46. The Balaban J connectivity index is 0.000000189. The highest BCUT2D eigenvalue weighted by atomic mass is 79.9. The molecule has 0 amide bonds. The molecule has 11 heteroatoms. The standard InChI is InChI=1S/C9H10BrN3S.C2BrClN2S.ClH/c10-9-12-8(14-13-9)5-1-6-3-11-4-7(6)2-5;3-1-5-2(4)7-6-1;/h1,6-7,11H,2-4H2;;1H. The number of nitrogens with one attached hydrogen (secondary N) is 1. The lowest BCUT2D eigenvalue weighted by Gasteiger charge is -2.04. The van der Waals surface area contributed by atoms with Gasteiger partial charge in [-0.05, 0) is 96.9 Å². The van der Waals surface area contributed by atoms with Crippen molar-refractivity contribution in [1.82, 2.24) is 24.0 Å². The molecule has 22 heavy (non-hydrogen) atoms. The molecule has 2 aromatic rings. The van der Waals surface area contributed by atoms with Crippen molar-refractivity contribution < 1.29 is 0 Å². The third kappa shape index (κ3) is 4.68. The van der Waals surface area contributed by atoms with Crippen molar-refractivity contribution in [2.75, 3.05) is 13.1 Å². The first-order valence-electron chi connectivity index (χ1n) is 6.17. The second-order valence-electron chi connectivity index (χ2n) is 4.66. The van der Waals surface area contributed by atoms with Crippen molar-refractivity contribution in [2.45, 2.75) is 6.42 Å². The summed E-state index contributed by atoms with van der Waals surface area (Å²) < 4.78 is 9.62. The zero-order chi connectivity index (χ0) is 14.8. The van der Waals surface area contributed by atoms with Crippen molar-refractivity contribution in [1.29, 1.82) is 0 Å². The summed E-state index contributed by atoms with van der Waals surface area (Å²) in [5.41, 5.74) is 1.39. The third-order valence-electron chi connectivity index (χ3n) is 3.34. The van der Waals surface area contributed by atoms with Gasteiger partial charge in [0, 0.05) is 6.54 Å². The van der Waals surface area contributed by atoms with Gasteiger partial charge in [0.05, 0.1) is 0 Å². The van der Waals surface area contributed by atoms with Gasteiger partial charge in [-0.2, -0.15) is 13.7 Å². The van der Waals surface area contributed by atoms with Crippen molar-refractivity contribution >= 4 is 84.5 Å². The highest BCUT2D eigenvalue weighted by molar-refractivity contribution is 9.10. The van der Waals surface area contributed by atoms with E-state index in [4.69, 9.17) is 11.6 Å². The van der Waals surface area contributed by atoms with Crippen LogP contribution in [0.2, 0.25) is 4.47 Å². The monoisotopic (exact) mass is 505 g/mol. The van der Waals surface area contributed by atoms with Crippen molar-refractivity contribution in [3.63, 3.8) is 0 Å². The van der Waals surface area contributed by atoms with Gasteiger partial charge in [-0.1, -0.05) is 6.08 Å². The lowest BCUT2D eigenvalue weighted by atomic mass is 10.00. The Bertz CT molecular complexity index is 646. The number of allylic oxidation sites excluding steroid dienone is 1. The molecule has 3 heterocycles. The lowest BCUT2D eigenvalue weighted by molar-refractivity contribution is 0.536. The van der Waals surface area contributed by atoms with Gasteiger partial charge >= 0.3 is 0 Å². The normalized spacial score (nSPS) is 22.4. The summed E-state index contributed by atoms with van der Waals surface area (Å²) in [6.45, 7) is 2.29. The SMILES string of the molecule is Brc1nsc(C2=CC3CNCC3C2)n1.Cl.Clc1nc(Br)ns1. The van der Waals surface area contributed by atoms with E-state index >= 15 is 0 Å². The van der Waals surface area contributed by atoms with Crippen LogP contribution in [0, 0.1) is 11.8 Å². The largest absolute Gasteiger partial charge is 0.316 e. The summed E-state index contributed by atoms with van der Waals surface area (Å²) in [4.78, 5) is 8.06. The van der Waals surface area contributed by atoms with Gasteiger partial charge in [0.25, 0.3) is 0 Å². The fourth-order valence-electron chi connectivity index (χ4n) is 2.46. The zero-order valence-corrected chi connectivity index (χ0v) is 17.4. The number of hydrogen-bond acceptors (Lipinski definition) is 7. The molecule has 0 saturated carbocycles. The minimum absolute atomic E-state index is 0. The molecule has 4 rings (SSSR count). The van der Waals surface area contributed by atoms with E-state index in [0.29, 0.717) is 13.9 Å². The number of halogens is 4. The molecule has 2 atom stereocenters. The smallest absolute Gasteiger partial charge is 0.210 e. The highest BCUT2D eigenvalue weighted by Gasteiger charge is 2.32. The first-order valence-corrected chi connectivity index (χ1v) is 9.68. The van der Waals surface area contributed by atoms with E-state index in [1.807, 2.05) is 0 Å². The molecular weight excluding hydrogens is 497 g/mol. The Morgan fingerprint density at radius 1 is 1.14 bits per heavy atom. The summed E-state index contributed by atoms with van der Waals surface area (Å²) in [5, 5.41) is 4.50. The minimum atomic E-state index is 0. The molecule has 1 aliphatic carbocycles. The number of nitrogens with zero attached hydrogens (tertiary/aromatic N) is 4. The predicted molar refractivity (Wildman–Crippen MR) is 99.9 cm³/mol. The molecule has 120 valence electrons.